The van der Waals surface area contributed by atoms with Crippen LogP contribution in [0.2, 0.25) is 0 Å². The fraction of sp³-hybridized carbons (Fsp3) is 0.875. The lowest BCUT2D eigenvalue weighted by Crippen LogP contribution is -2.46. The summed E-state index contributed by atoms with van der Waals surface area (Å²) < 4.78 is 0. The van der Waals surface area contributed by atoms with Crippen molar-refractivity contribution >= 4 is 18.4 Å². The van der Waals surface area contributed by atoms with Gasteiger partial charge in [0.05, 0.1) is 0 Å². The zero-order valence-electron chi connectivity index (χ0n) is 8.17. The molecule has 1 aliphatic heterocycles. The van der Waals surface area contributed by atoms with Gasteiger partial charge in [-0.2, -0.15) is 0 Å². The van der Waals surface area contributed by atoms with E-state index in [9.17, 15) is 4.79 Å². The molecule has 1 rings (SSSR count). The first-order valence-electron chi connectivity index (χ1n) is 4.41. The maximum Gasteiger partial charge on any atom is 0.317 e. The molecular formula is C8H18ClN3O. The molecule has 78 valence electrons. The summed E-state index contributed by atoms with van der Waals surface area (Å²) in [6, 6.07) is 0.424. The predicted molar refractivity (Wildman–Crippen MR) is 55.4 cm³/mol. The van der Waals surface area contributed by atoms with Gasteiger partial charge in [0.15, 0.2) is 0 Å². The summed E-state index contributed by atoms with van der Waals surface area (Å²) in [5, 5.41) is 5.90. The molecule has 13 heavy (non-hydrogen) atoms. The summed E-state index contributed by atoms with van der Waals surface area (Å²) >= 11 is 0. The molecule has 1 fully saturated rings. The average Bonchev–Trinajstić information content (AvgIpc) is 2.17. The third-order valence-corrected chi connectivity index (χ3v) is 2.39. The predicted octanol–water partition coefficient (Wildman–Crippen LogP) is 0.431. The maximum absolute atomic E-state index is 11.2. The van der Waals surface area contributed by atoms with Crippen LogP contribution in [0.15, 0.2) is 0 Å². The van der Waals surface area contributed by atoms with E-state index in [1.54, 1.807) is 11.9 Å². The van der Waals surface area contributed by atoms with Crippen LogP contribution in [0.4, 0.5) is 4.79 Å². The maximum atomic E-state index is 11.2. The molecule has 0 aromatic carbocycles. The lowest BCUT2D eigenvalue weighted by Gasteiger charge is -2.31. The highest BCUT2D eigenvalue weighted by Gasteiger charge is 2.20. The second kappa shape index (κ2) is 6.05. The molecule has 1 heterocycles. The Morgan fingerprint density at radius 1 is 1.46 bits per heavy atom. The van der Waals surface area contributed by atoms with E-state index in [1.807, 2.05) is 7.05 Å². The Bertz CT molecular complexity index is 159. The van der Waals surface area contributed by atoms with Crippen molar-refractivity contribution in [2.45, 2.75) is 18.9 Å². The van der Waals surface area contributed by atoms with E-state index in [1.165, 1.54) is 0 Å². The molecule has 0 aromatic rings. The number of halogens is 1. The fourth-order valence-corrected chi connectivity index (χ4v) is 1.54. The van der Waals surface area contributed by atoms with Crippen LogP contribution in [0, 0.1) is 0 Å². The Labute approximate surface area is 85.5 Å². The van der Waals surface area contributed by atoms with Gasteiger partial charge in [-0.05, 0) is 25.9 Å². The summed E-state index contributed by atoms with van der Waals surface area (Å²) in [4.78, 5) is 13.0. The summed E-state index contributed by atoms with van der Waals surface area (Å²) in [7, 11) is 3.52. The molecule has 4 nitrogen and oxygen atoms in total. The number of amides is 2. The smallest absolute Gasteiger partial charge is 0.317 e. The van der Waals surface area contributed by atoms with Gasteiger partial charge in [0.25, 0.3) is 0 Å². The number of hydrogen-bond acceptors (Lipinski definition) is 2. The minimum atomic E-state index is 0. The number of nitrogens with zero attached hydrogens (tertiary/aromatic N) is 1. The Morgan fingerprint density at radius 3 is 2.46 bits per heavy atom. The standard InChI is InChI=1S/C8H17N3O.ClH/c1-9-8(12)11(2)7-3-5-10-6-4-7;/h7,10H,3-6H2,1-2H3,(H,9,12);1H. The van der Waals surface area contributed by atoms with Gasteiger partial charge in [-0.25, -0.2) is 4.79 Å². The van der Waals surface area contributed by atoms with Crippen molar-refractivity contribution in [3.8, 4) is 0 Å². The topological polar surface area (TPSA) is 44.4 Å². The van der Waals surface area contributed by atoms with Crippen LogP contribution in [0.5, 0.6) is 0 Å². The number of hydrogen-bond donors (Lipinski definition) is 2. The molecule has 0 radical (unpaired) electrons. The SMILES string of the molecule is CNC(=O)N(C)C1CCNCC1.Cl. The van der Waals surface area contributed by atoms with Crippen LogP contribution in [0.3, 0.4) is 0 Å². The van der Waals surface area contributed by atoms with E-state index in [0.29, 0.717) is 6.04 Å². The largest absolute Gasteiger partial charge is 0.341 e. The first-order valence-corrected chi connectivity index (χ1v) is 4.41. The first kappa shape index (κ1) is 12.5. The Balaban J connectivity index is 0.00000144. The van der Waals surface area contributed by atoms with Crippen LogP contribution in [-0.4, -0.2) is 44.2 Å². The molecule has 0 atom stereocenters. The van der Waals surface area contributed by atoms with Crippen molar-refractivity contribution in [3.63, 3.8) is 0 Å². The number of carbonyl (C=O) groups excluding carboxylic acids is 1. The monoisotopic (exact) mass is 207 g/mol. The zero-order chi connectivity index (χ0) is 8.97. The van der Waals surface area contributed by atoms with Gasteiger partial charge in [0.1, 0.15) is 0 Å². The van der Waals surface area contributed by atoms with Crippen molar-refractivity contribution in [3.05, 3.63) is 0 Å². The van der Waals surface area contributed by atoms with E-state index >= 15 is 0 Å². The molecule has 2 amide bonds. The molecule has 0 aliphatic carbocycles. The normalized spacial score (nSPS) is 17.4. The first-order chi connectivity index (χ1) is 5.75. The van der Waals surface area contributed by atoms with Gasteiger partial charge in [0, 0.05) is 20.1 Å². The number of nitrogens with one attached hydrogen (secondary N) is 2. The number of piperidine rings is 1. The highest BCUT2D eigenvalue weighted by Crippen LogP contribution is 2.09. The lowest BCUT2D eigenvalue weighted by atomic mass is 10.1. The molecule has 0 unspecified atom stereocenters. The second-order valence-electron chi connectivity index (χ2n) is 3.15. The number of urea groups is 1. The molecule has 5 heteroatoms. The average molecular weight is 208 g/mol. The van der Waals surface area contributed by atoms with Crippen molar-refractivity contribution in [2.75, 3.05) is 27.2 Å². The van der Waals surface area contributed by atoms with E-state index < -0.39 is 0 Å². The van der Waals surface area contributed by atoms with Crippen LogP contribution in [0.25, 0.3) is 0 Å². The summed E-state index contributed by atoms with van der Waals surface area (Å²) in [5.41, 5.74) is 0. The van der Waals surface area contributed by atoms with Gasteiger partial charge >= 0.3 is 6.03 Å². The molecule has 1 saturated heterocycles. The molecule has 0 saturated carbocycles. The third-order valence-electron chi connectivity index (χ3n) is 2.39. The van der Waals surface area contributed by atoms with Gasteiger partial charge in [-0.15, -0.1) is 12.4 Å². The Morgan fingerprint density at radius 2 is 2.00 bits per heavy atom. The molecule has 2 N–H and O–H groups in total. The highest BCUT2D eigenvalue weighted by molar-refractivity contribution is 5.85. The summed E-state index contributed by atoms with van der Waals surface area (Å²) in [6.07, 6.45) is 2.12. The van der Waals surface area contributed by atoms with Crippen molar-refractivity contribution in [1.29, 1.82) is 0 Å². The quantitative estimate of drug-likeness (QED) is 0.655. The van der Waals surface area contributed by atoms with Gasteiger partial charge in [-0.1, -0.05) is 0 Å². The second-order valence-corrected chi connectivity index (χ2v) is 3.15. The van der Waals surface area contributed by atoms with Crippen LogP contribution in [0.1, 0.15) is 12.8 Å². The summed E-state index contributed by atoms with van der Waals surface area (Å²) in [6.45, 7) is 2.04. The molecule has 0 bridgehead atoms. The van der Waals surface area contributed by atoms with E-state index in [4.69, 9.17) is 0 Å². The molecule has 1 aliphatic rings. The number of carbonyl (C=O) groups is 1. The van der Waals surface area contributed by atoms with Crippen molar-refractivity contribution in [2.24, 2.45) is 0 Å². The number of rotatable bonds is 1. The summed E-state index contributed by atoms with van der Waals surface area (Å²) in [5.74, 6) is 0. The zero-order valence-corrected chi connectivity index (χ0v) is 8.99. The Kier molecular flexibility index (Phi) is 5.82. The van der Waals surface area contributed by atoms with Gasteiger partial charge in [0.2, 0.25) is 0 Å². The van der Waals surface area contributed by atoms with Gasteiger partial charge in [-0.3, -0.25) is 0 Å². The van der Waals surface area contributed by atoms with E-state index in [0.717, 1.165) is 25.9 Å². The van der Waals surface area contributed by atoms with E-state index in [-0.39, 0.29) is 18.4 Å². The van der Waals surface area contributed by atoms with Gasteiger partial charge < -0.3 is 15.5 Å². The minimum absolute atomic E-state index is 0. The lowest BCUT2D eigenvalue weighted by molar-refractivity contribution is 0.179. The molecule has 0 aromatic heterocycles. The van der Waals surface area contributed by atoms with Crippen LogP contribution < -0.4 is 10.6 Å². The fourth-order valence-electron chi connectivity index (χ4n) is 1.54. The van der Waals surface area contributed by atoms with E-state index in [2.05, 4.69) is 10.6 Å². The Hall–Kier alpha value is -0.480. The van der Waals surface area contributed by atoms with Crippen molar-refractivity contribution < 1.29 is 4.79 Å². The van der Waals surface area contributed by atoms with Crippen LogP contribution >= 0.6 is 12.4 Å². The van der Waals surface area contributed by atoms with Crippen LogP contribution in [-0.2, 0) is 0 Å². The highest BCUT2D eigenvalue weighted by atomic mass is 35.5. The molecular weight excluding hydrogens is 190 g/mol. The third kappa shape index (κ3) is 3.40. The molecule has 0 spiro atoms. The minimum Gasteiger partial charge on any atom is -0.341 e. The van der Waals surface area contributed by atoms with Crippen molar-refractivity contribution in [1.82, 2.24) is 15.5 Å².